The number of aromatic nitrogens is 4. The van der Waals surface area contributed by atoms with Crippen LogP contribution in [0.2, 0.25) is 0 Å². The molecule has 4 bridgehead atoms. The molecule has 6 aliphatic heterocycles. The molecule has 30 heteroatoms. The highest BCUT2D eigenvalue weighted by atomic mass is 32.2. The second kappa shape index (κ2) is 44.9. The van der Waals surface area contributed by atoms with Crippen LogP contribution in [0.1, 0.15) is 194 Å². The van der Waals surface area contributed by atoms with E-state index in [1.807, 2.05) is 73.1 Å². The number of rotatable bonds is 28. The number of anilines is 4. The van der Waals surface area contributed by atoms with E-state index in [-0.39, 0.29) is 85.5 Å². The van der Waals surface area contributed by atoms with E-state index in [1.165, 1.54) is 45.9 Å². The van der Waals surface area contributed by atoms with Crippen LogP contribution >= 0.6 is 0 Å². The lowest BCUT2D eigenvalue weighted by Crippen LogP contribution is -2.64. The van der Waals surface area contributed by atoms with Crippen molar-refractivity contribution in [2.45, 2.75) is 250 Å². The second-order valence-electron chi connectivity index (χ2n) is 38.1. The minimum Gasteiger partial charge on any atom is -0.378 e. The number of halogens is 2. The summed E-state index contributed by atoms with van der Waals surface area (Å²) < 4.78 is 163. The topological polar surface area (TPSA) is 286 Å². The first kappa shape index (κ1) is 96.6. The smallest absolute Gasteiger partial charge is 0.281 e. The number of alkyl halides is 2. The lowest BCUT2D eigenvalue weighted by molar-refractivity contribution is -0.0812. The Morgan fingerprint density at radius 2 is 0.631 bits per heavy atom. The maximum Gasteiger partial charge on any atom is 0.281 e. The third-order valence-corrected chi connectivity index (χ3v) is 31.7. The van der Waals surface area contributed by atoms with Gasteiger partial charge < -0.3 is 38.5 Å². The predicted molar refractivity (Wildman–Crippen MR) is 509 cm³/mol. The highest BCUT2D eigenvalue weighted by molar-refractivity contribution is 7.89. The number of hydrogen-bond donors (Lipinski definition) is 4. The molecule has 4 N–H and O–H groups in total. The summed E-state index contributed by atoms with van der Waals surface area (Å²) in [5, 5.41) is 0. The van der Waals surface area contributed by atoms with E-state index in [2.05, 4.69) is 169 Å². The molecule has 4 aliphatic carbocycles. The van der Waals surface area contributed by atoms with Gasteiger partial charge in [-0.1, -0.05) is 146 Å². The molecule has 10 aliphatic rings. The fraction of sp³-hybridized carbons (Fsp3) is 0.560. The Morgan fingerprint density at radius 1 is 0.331 bits per heavy atom. The SMILES string of the molecule is CS(=O)(=O)N[C@@H]1C(COC2CCC(c3ccccc3)CC2)CN(c2ccccn2)CC1(F)F.CS(=O)(=O)N[C@H]1CCN(c2ccccn2)CC1COC1CCC(c2ccccc2)CC1.CS(=O)(=O)N[C@H]1C[C@@H]2CC[C@H](C1COC1CCC(c3ccccc3)CC1)N2c1ccccn1.CS(=O)(=O)N[C@H]1C[C@H]2CC[C@@H](C1COC1CCC(c3ccccc3)CC1)N2c1ccccn1. The Bertz CT molecular complexity index is 5080. The van der Waals surface area contributed by atoms with Crippen molar-refractivity contribution in [1.82, 2.24) is 38.8 Å². The van der Waals surface area contributed by atoms with E-state index in [1.54, 1.807) is 30.6 Å². The van der Waals surface area contributed by atoms with Crippen LogP contribution in [0.25, 0.3) is 0 Å². The summed E-state index contributed by atoms with van der Waals surface area (Å²) in [6, 6.07) is 65.2. The van der Waals surface area contributed by atoms with Crippen LogP contribution in [0.15, 0.2) is 219 Å². The van der Waals surface area contributed by atoms with Gasteiger partial charge in [-0.3, -0.25) is 0 Å². The highest BCUT2D eigenvalue weighted by Crippen LogP contribution is 2.47. The quantitative estimate of drug-likeness (QED) is 0.0354. The Balaban J connectivity index is 0.000000133. The maximum atomic E-state index is 15.1. The third kappa shape index (κ3) is 27.2. The van der Waals surface area contributed by atoms with Gasteiger partial charge in [0.15, 0.2) is 0 Å². The molecular formula is C100H134F2N12O12S4. The molecule has 6 saturated heterocycles. The largest absolute Gasteiger partial charge is 0.378 e. The lowest BCUT2D eigenvalue weighted by Gasteiger charge is -2.45. The van der Waals surface area contributed by atoms with Crippen LogP contribution in [0.4, 0.5) is 32.1 Å². The first-order chi connectivity index (χ1) is 62.6. The van der Waals surface area contributed by atoms with Gasteiger partial charge >= 0.3 is 0 Å². The van der Waals surface area contributed by atoms with Crippen LogP contribution < -0.4 is 38.5 Å². The molecule has 12 atom stereocenters. The molecular weight excluding hydrogens is 1730 g/mol. The van der Waals surface area contributed by atoms with Gasteiger partial charge in [-0.2, -0.15) is 0 Å². The van der Waals surface area contributed by atoms with Crippen molar-refractivity contribution >= 4 is 63.4 Å². The number of hydrogen-bond acceptors (Lipinski definition) is 20. The molecule has 4 saturated carbocycles. The molecule has 0 radical (unpaired) electrons. The number of ether oxygens (including phenoxy) is 4. The average molecular weight is 1860 g/mol. The van der Waals surface area contributed by atoms with Crippen LogP contribution in [-0.4, -0.2) is 210 Å². The maximum absolute atomic E-state index is 15.1. The summed E-state index contributed by atoms with van der Waals surface area (Å²) in [4.78, 5) is 26.5. The molecule has 10 fully saturated rings. The van der Waals surface area contributed by atoms with Gasteiger partial charge in [0.2, 0.25) is 40.1 Å². The molecule has 8 aromatic rings. The van der Waals surface area contributed by atoms with Crippen molar-refractivity contribution in [2.75, 3.05) is 97.2 Å². The number of benzene rings is 4. The number of nitrogens with one attached hydrogen (secondary N) is 4. The molecule has 4 aromatic carbocycles. The predicted octanol–water partition coefficient (Wildman–Crippen LogP) is 15.6. The molecule has 18 rings (SSSR count). The minimum atomic E-state index is -3.81. The number of piperidine rings is 4. The molecule has 4 aromatic heterocycles. The first-order valence-corrected chi connectivity index (χ1v) is 54.8. The zero-order valence-corrected chi connectivity index (χ0v) is 78.9. The number of fused-ring (bicyclic) bond motifs is 4. The summed E-state index contributed by atoms with van der Waals surface area (Å²) in [6.07, 6.45) is 36.0. The molecule has 704 valence electrons. The van der Waals surface area contributed by atoms with E-state index in [0.29, 0.717) is 61.4 Å². The number of nitrogens with zero attached hydrogens (tertiary/aromatic N) is 8. The Labute approximate surface area is 770 Å². The Morgan fingerprint density at radius 3 is 0.962 bits per heavy atom. The first-order valence-electron chi connectivity index (χ1n) is 47.3. The van der Waals surface area contributed by atoms with Gasteiger partial charge in [0.05, 0.1) is 88.5 Å². The van der Waals surface area contributed by atoms with Gasteiger partial charge in [-0.15, -0.1) is 0 Å². The Kier molecular flexibility index (Phi) is 33.4. The number of sulfonamides is 4. The monoisotopic (exact) mass is 1860 g/mol. The van der Waals surface area contributed by atoms with Crippen molar-refractivity contribution in [1.29, 1.82) is 0 Å². The summed E-state index contributed by atoms with van der Waals surface area (Å²) in [5.74, 6) is 2.09. The van der Waals surface area contributed by atoms with E-state index in [9.17, 15) is 33.7 Å². The Hall–Kier alpha value is -7.98. The zero-order chi connectivity index (χ0) is 90.8. The van der Waals surface area contributed by atoms with Crippen molar-refractivity contribution in [3.05, 3.63) is 241 Å². The van der Waals surface area contributed by atoms with Gasteiger partial charge in [-0.25, -0.2) is 81.3 Å². The molecule has 130 heavy (non-hydrogen) atoms. The molecule has 4 unspecified atom stereocenters. The number of pyridine rings is 4. The lowest BCUT2D eigenvalue weighted by atomic mass is 9.82. The van der Waals surface area contributed by atoms with Gasteiger partial charge in [-0.05, 0) is 242 Å². The highest BCUT2D eigenvalue weighted by Gasteiger charge is 2.54. The van der Waals surface area contributed by atoms with Gasteiger partial charge in [0.1, 0.15) is 23.3 Å². The zero-order valence-electron chi connectivity index (χ0n) is 75.6. The molecule has 0 amide bonds. The normalized spacial score (nSPS) is 29.9. The standard InChI is InChI=1S/2C26H35N3O3S.C24H31F2N3O3S.C24H33N3O3S/c2*1-33(30,31)28-24-17-21-12-15-25(29(21)26-9-5-6-16-27-26)23(24)18-32-22-13-10-20(11-14-22)19-7-3-2-4-8-19;1-33(30,31)28-23-20(15-29(17-24(23,25)26)22-9-5-6-14-27-22)16-32-21-12-10-19(11-13-21)18-7-3-2-4-8-18;1-31(28,29)26-23-14-16-27(24-9-5-6-15-25-24)17-21(23)18-30-22-12-10-20(11-13-22)19-7-3-2-4-8-19/h2*2-9,16,20-25,28H,10-15,17-18H2,1H3;2-9,14,19-21,23,28H,10-13,15-17H2,1H3;2-9,15,20-23,26H,10-14,16-18H2,1H3/t20?,21-,22?,23?,24+,25+;20?,21-,22?,23?,24-,25+;19?,20?,21?,23-;20?,21?,22?,23-/m1010/s1. The van der Waals surface area contributed by atoms with E-state index < -0.39 is 64.5 Å². The average Bonchev–Trinajstić information content (AvgIpc) is 1.57. The van der Waals surface area contributed by atoms with Crippen LogP contribution in [-0.2, 0) is 59.0 Å². The molecule has 24 nitrogen and oxygen atoms in total. The second-order valence-corrected chi connectivity index (χ2v) is 45.2. The van der Waals surface area contributed by atoms with Crippen molar-refractivity contribution < 1.29 is 61.4 Å². The van der Waals surface area contributed by atoms with Gasteiger partial charge in [0, 0.05) is 110 Å². The minimum absolute atomic E-state index is 0.0114. The molecule has 0 spiro atoms. The summed E-state index contributed by atoms with van der Waals surface area (Å²) in [7, 11) is -13.6. The van der Waals surface area contributed by atoms with E-state index >= 15 is 8.78 Å². The summed E-state index contributed by atoms with van der Waals surface area (Å²) in [5.41, 5.74) is 5.62. The van der Waals surface area contributed by atoms with Crippen LogP contribution in [0.3, 0.4) is 0 Å². The van der Waals surface area contributed by atoms with Crippen LogP contribution in [0, 0.1) is 23.7 Å². The van der Waals surface area contributed by atoms with Crippen molar-refractivity contribution in [3.8, 4) is 0 Å². The fourth-order valence-electron chi connectivity index (χ4n) is 22.6. The van der Waals surface area contributed by atoms with E-state index in [4.69, 9.17) is 18.9 Å². The van der Waals surface area contributed by atoms with Crippen molar-refractivity contribution in [2.24, 2.45) is 23.7 Å². The fourth-order valence-corrected chi connectivity index (χ4v) is 25.9. The van der Waals surface area contributed by atoms with Crippen LogP contribution in [0.5, 0.6) is 0 Å². The summed E-state index contributed by atoms with van der Waals surface area (Å²) in [6.45, 7) is 2.97. The van der Waals surface area contributed by atoms with Gasteiger partial charge in [0.25, 0.3) is 5.92 Å². The molecule has 10 heterocycles. The third-order valence-electron chi connectivity index (χ3n) is 28.8. The summed E-state index contributed by atoms with van der Waals surface area (Å²) >= 11 is 0. The van der Waals surface area contributed by atoms with Crippen molar-refractivity contribution in [3.63, 3.8) is 0 Å². The van der Waals surface area contributed by atoms with E-state index in [0.717, 1.165) is 184 Å².